The van der Waals surface area contributed by atoms with Crippen molar-refractivity contribution in [2.45, 2.75) is 0 Å². The molecule has 0 unspecified atom stereocenters. The summed E-state index contributed by atoms with van der Waals surface area (Å²) in [5.41, 5.74) is 1.46. The zero-order chi connectivity index (χ0) is 8.27. The molecule has 0 saturated heterocycles. The minimum absolute atomic E-state index is 0. The molecule has 0 atom stereocenters. The molecule has 2 N–H and O–H groups in total. The molecule has 1 rings (SSSR count). The van der Waals surface area contributed by atoms with Gasteiger partial charge >= 0.3 is 36.7 Å². The van der Waals surface area contributed by atoms with Gasteiger partial charge in [-0.2, -0.15) is 0 Å². The van der Waals surface area contributed by atoms with Crippen LogP contribution in [0.15, 0.2) is 30.8 Å². The Morgan fingerprint density at radius 2 is 1.67 bits per heavy atom. The van der Waals surface area contributed by atoms with Gasteiger partial charge in [-0.15, -0.1) is 0 Å². The van der Waals surface area contributed by atoms with Crippen LogP contribution in [0.25, 0.3) is 6.08 Å². The predicted molar refractivity (Wildman–Crippen MR) is 53.5 cm³/mol. The van der Waals surface area contributed by atoms with Crippen molar-refractivity contribution in [1.29, 1.82) is 0 Å². The van der Waals surface area contributed by atoms with Gasteiger partial charge in [-0.1, -0.05) is 36.9 Å². The molecule has 12 heavy (non-hydrogen) atoms. The number of hydrogen-bond donors (Lipinski definition) is 2. The zero-order valence-electron chi connectivity index (χ0n) is 6.07. The maximum atomic E-state index is 8.72. The fourth-order valence-corrected chi connectivity index (χ4v) is 0.804. The SMILES string of the molecule is C=Cc1ccc(B(O)O)cc1.[NaH]. The van der Waals surface area contributed by atoms with Crippen molar-refractivity contribution in [2.24, 2.45) is 0 Å². The molecule has 1 aromatic carbocycles. The van der Waals surface area contributed by atoms with E-state index in [1.54, 1.807) is 30.3 Å². The van der Waals surface area contributed by atoms with E-state index in [0.29, 0.717) is 5.46 Å². The molecule has 0 bridgehead atoms. The third kappa shape index (κ3) is 3.13. The van der Waals surface area contributed by atoms with Crippen molar-refractivity contribution in [3.05, 3.63) is 36.4 Å². The third-order valence-electron chi connectivity index (χ3n) is 1.47. The molecule has 58 valence electrons. The van der Waals surface area contributed by atoms with Crippen molar-refractivity contribution < 1.29 is 10.0 Å². The van der Waals surface area contributed by atoms with Crippen molar-refractivity contribution >= 4 is 48.2 Å². The molecule has 4 heteroatoms. The van der Waals surface area contributed by atoms with Gasteiger partial charge in [-0.25, -0.2) is 0 Å². The van der Waals surface area contributed by atoms with Gasteiger partial charge in [0.2, 0.25) is 0 Å². The van der Waals surface area contributed by atoms with Gasteiger partial charge < -0.3 is 10.0 Å². The first-order valence-corrected chi connectivity index (χ1v) is 3.32. The quantitative estimate of drug-likeness (QED) is 0.582. The van der Waals surface area contributed by atoms with E-state index in [4.69, 9.17) is 10.0 Å². The second-order valence-electron chi connectivity index (χ2n) is 2.24. The summed E-state index contributed by atoms with van der Waals surface area (Å²) < 4.78 is 0. The third-order valence-corrected chi connectivity index (χ3v) is 1.47. The summed E-state index contributed by atoms with van der Waals surface area (Å²) in [4.78, 5) is 0. The molecule has 0 aliphatic carbocycles. The van der Waals surface area contributed by atoms with E-state index in [2.05, 4.69) is 6.58 Å². The van der Waals surface area contributed by atoms with Crippen LogP contribution >= 0.6 is 0 Å². The van der Waals surface area contributed by atoms with E-state index in [-0.39, 0.29) is 29.6 Å². The monoisotopic (exact) mass is 172 g/mol. The molecule has 0 aliphatic heterocycles. The summed E-state index contributed by atoms with van der Waals surface area (Å²) in [7, 11) is -1.38. The molecular weight excluding hydrogens is 162 g/mol. The molecule has 0 amide bonds. The first-order chi connectivity index (χ1) is 5.24. The molecule has 0 spiro atoms. The number of rotatable bonds is 2. The van der Waals surface area contributed by atoms with Crippen LogP contribution in [-0.2, 0) is 0 Å². The molecule has 0 radical (unpaired) electrons. The average molecular weight is 172 g/mol. The average Bonchev–Trinajstić information content (AvgIpc) is 2.05. The molecule has 0 aromatic heterocycles. The first-order valence-electron chi connectivity index (χ1n) is 3.32. The van der Waals surface area contributed by atoms with Crippen LogP contribution < -0.4 is 5.46 Å². The van der Waals surface area contributed by atoms with E-state index < -0.39 is 7.12 Å². The van der Waals surface area contributed by atoms with E-state index in [0.717, 1.165) is 5.56 Å². The summed E-state index contributed by atoms with van der Waals surface area (Å²) in [6, 6.07) is 6.87. The maximum absolute atomic E-state index is 8.72. The molecule has 0 fully saturated rings. The van der Waals surface area contributed by atoms with Crippen LogP contribution in [0.4, 0.5) is 0 Å². The van der Waals surface area contributed by atoms with E-state index in [1.165, 1.54) is 0 Å². The van der Waals surface area contributed by atoms with Crippen LogP contribution in [0.3, 0.4) is 0 Å². The van der Waals surface area contributed by atoms with Crippen LogP contribution in [-0.4, -0.2) is 46.7 Å². The van der Waals surface area contributed by atoms with Gasteiger partial charge in [0.25, 0.3) is 0 Å². The Morgan fingerprint density at radius 3 is 2.00 bits per heavy atom. The van der Waals surface area contributed by atoms with Crippen LogP contribution in [0.5, 0.6) is 0 Å². The molecule has 0 saturated carbocycles. The number of benzene rings is 1. The second kappa shape index (κ2) is 5.57. The Balaban J connectivity index is 0.00000121. The van der Waals surface area contributed by atoms with Gasteiger partial charge in [-0.05, 0) is 11.0 Å². The van der Waals surface area contributed by atoms with Crippen LogP contribution in [0, 0.1) is 0 Å². The second-order valence-corrected chi connectivity index (χ2v) is 2.24. The normalized spacial score (nSPS) is 8.50. The van der Waals surface area contributed by atoms with Crippen molar-refractivity contribution in [1.82, 2.24) is 0 Å². The molecule has 0 heterocycles. The Morgan fingerprint density at radius 1 is 1.17 bits per heavy atom. The minimum atomic E-state index is -1.38. The van der Waals surface area contributed by atoms with Crippen LogP contribution in [0.1, 0.15) is 5.56 Å². The number of hydrogen-bond acceptors (Lipinski definition) is 2. The van der Waals surface area contributed by atoms with Gasteiger partial charge in [0.05, 0.1) is 0 Å². The van der Waals surface area contributed by atoms with Gasteiger partial charge in [-0.3, -0.25) is 0 Å². The first kappa shape index (κ1) is 11.9. The fourth-order valence-electron chi connectivity index (χ4n) is 0.804. The zero-order valence-corrected chi connectivity index (χ0v) is 6.07. The summed E-state index contributed by atoms with van der Waals surface area (Å²) >= 11 is 0. The van der Waals surface area contributed by atoms with E-state index in [9.17, 15) is 0 Å². The Bertz CT molecular complexity index is 246. The topological polar surface area (TPSA) is 40.5 Å². The van der Waals surface area contributed by atoms with Crippen molar-refractivity contribution in [3.63, 3.8) is 0 Å². The van der Waals surface area contributed by atoms with E-state index >= 15 is 0 Å². The standard InChI is InChI=1S/C8H9BO2.Na.H/c1-2-7-3-5-8(6-4-7)9(10)11;;/h2-6,10-11H,1H2;;. The summed E-state index contributed by atoms with van der Waals surface area (Å²) in [6.45, 7) is 3.58. The fraction of sp³-hybridized carbons (Fsp3) is 0. The van der Waals surface area contributed by atoms with Gasteiger partial charge in [0.15, 0.2) is 0 Å². The Labute approximate surface area is 94.4 Å². The van der Waals surface area contributed by atoms with Crippen molar-refractivity contribution in [2.75, 3.05) is 0 Å². The molecule has 1 aromatic rings. The summed E-state index contributed by atoms with van der Waals surface area (Å²) in [5, 5.41) is 17.4. The predicted octanol–water partition coefficient (Wildman–Crippen LogP) is -0.639. The summed E-state index contributed by atoms with van der Waals surface area (Å²) in [6.07, 6.45) is 1.70. The molecule has 2 nitrogen and oxygen atoms in total. The van der Waals surface area contributed by atoms with E-state index in [1.807, 2.05) is 0 Å². The molecule has 0 aliphatic rings. The Hall–Kier alpha value is -0.0551. The van der Waals surface area contributed by atoms with Crippen LogP contribution in [0.2, 0.25) is 0 Å². The van der Waals surface area contributed by atoms with Gasteiger partial charge in [0.1, 0.15) is 0 Å². The molecular formula is C8H10BNaO2. The summed E-state index contributed by atoms with van der Waals surface area (Å²) in [5.74, 6) is 0. The van der Waals surface area contributed by atoms with Crippen molar-refractivity contribution in [3.8, 4) is 0 Å². The van der Waals surface area contributed by atoms with Gasteiger partial charge in [0, 0.05) is 0 Å². The Kier molecular flexibility index (Phi) is 5.54.